The lowest BCUT2D eigenvalue weighted by Crippen LogP contribution is -2.60. The highest BCUT2D eigenvalue weighted by molar-refractivity contribution is 5.82. The summed E-state index contributed by atoms with van der Waals surface area (Å²) in [7, 11) is 0. The van der Waals surface area contributed by atoms with E-state index in [9.17, 15) is 4.79 Å². The molecule has 2 unspecified atom stereocenters. The van der Waals surface area contributed by atoms with E-state index in [1.54, 1.807) is 13.8 Å². The van der Waals surface area contributed by atoms with Crippen molar-refractivity contribution in [2.45, 2.75) is 46.7 Å². The quantitative estimate of drug-likeness (QED) is 0.294. The van der Waals surface area contributed by atoms with Gasteiger partial charge in [0.05, 0.1) is 5.41 Å². The second kappa shape index (κ2) is 4.47. The van der Waals surface area contributed by atoms with Crippen LogP contribution in [-0.4, -0.2) is 18.0 Å². The molecule has 0 rings (SSSR count). The Morgan fingerprint density at radius 1 is 1.20 bits per heavy atom. The lowest BCUT2D eigenvalue weighted by molar-refractivity contribution is -0.132. The van der Waals surface area contributed by atoms with Gasteiger partial charge in [0, 0.05) is 12.1 Å². The van der Waals surface area contributed by atoms with Gasteiger partial charge in [-0.1, -0.05) is 13.8 Å². The molecule has 5 heteroatoms. The number of amides is 1. The molecule has 0 saturated heterocycles. The van der Waals surface area contributed by atoms with E-state index in [0.29, 0.717) is 0 Å². The van der Waals surface area contributed by atoms with Crippen LogP contribution in [0.4, 0.5) is 0 Å². The van der Waals surface area contributed by atoms with Gasteiger partial charge in [0.15, 0.2) is 0 Å². The molecule has 0 aliphatic rings. The monoisotopic (exact) mass is 216 g/mol. The van der Waals surface area contributed by atoms with Crippen LogP contribution in [0.2, 0.25) is 0 Å². The fourth-order valence-corrected chi connectivity index (χ4v) is 1.54. The van der Waals surface area contributed by atoms with E-state index in [1.807, 2.05) is 20.8 Å². The summed E-state index contributed by atoms with van der Waals surface area (Å²) in [5.74, 6) is 4.85. The Balaban J connectivity index is 4.99. The van der Waals surface area contributed by atoms with Crippen molar-refractivity contribution < 1.29 is 4.79 Å². The van der Waals surface area contributed by atoms with Crippen molar-refractivity contribution in [3.63, 3.8) is 0 Å². The Kier molecular flexibility index (Phi) is 4.27. The molecule has 2 atom stereocenters. The van der Waals surface area contributed by atoms with Crippen LogP contribution in [0, 0.1) is 10.8 Å². The predicted molar refractivity (Wildman–Crippen MR) is 61.5 cm³/mol. The third-order valence-corrected chi connectivity index (χ3v) is 3.47. The van der Waals surface area contributed by atoms with Gasteiger partial charge >= 0.3 is 0 Å². The summed E-state index contributed by atoms with van der Waals surface area (Å²) >= 11 is 0. The molecule has 0 aliphatic carbocycles. The van der Waals surface area contributed by atoms with Crippen LogP contribution >= 0.6 is 0 Å². The average molecular weight is 216 g/mol. The summed E-state index contributed by atoms with van der Waals surface area (Å²) in [6, 6.07) is -0.467. The van der Waals surface area contributed by atoms with Gasteiger partial charge in [-0.05, 0) is 26.2 Å². The molecule has 7 N–H and O–H groups in total. The zero-order valence-electron chi connectivity index (χ0n) is 10.3. The number of hydrazine groups is 1. The number of hydrogen-bond acceptors (Lipinski definition) is 4. The van der Waals surface area contributed by atoms with E-state index in [-0.39, 0.29) is 23.4 Å². The van der Waals surface area contributed by atoms with E-state index in [2.05, 4.69) is 5.43 Å². The van der Waals surface area contributed by atoms with Crippen LogP contribution in [0.1, 0.15) is 34.6 Å². The third kappa shape index (κ3) is 2.68. The minimum absolute atomic E-state index is 0.0997. The van der Waals surface area contributed by atoms with Crippen molar-refractivity contribution in [2.75, 3.05) is 0 Å². The Morgan fingerprint density at radius 2 is 1.60 bits per heavy atom. The van der Waals surface area contributed by atoms with Crippen molar-refractivity contribution in [2.24, 2.45) is 28.1 Å². The van der Waals surface area contributed by atoms with Crippen LogP contribution in [0.25, 0.3) is 0 Å². The van der Waals surface area contributed by atoms with Gasteiger partial charge in [-0.2, -0.15) is 0 Å². The Bertz CT molecular complexity index is 236. The molecule has 0 saturated carbocycles. The van der Waals surface area contributed by atoms with Gasteiger partial charge in [-0.25, -0.2) is 5.84 Å². The number of carbonyl (C=O) groups is 1. The van der Waals surface area contributed by atoms with Crippen LogP contribution in [-0.2, 0) is 4.79 Å². The lowest BCUT2D eigenvalue weighted by atomic mass is 9.67. The highest BCUT2D eigenvalue weighted by Crippen LogP contribution is 2.34. The van der Waals surface area contributed by atoms with E-state index < -0.39 is 5.41 Å². The molecule has 1 amide bonds. The first-order valence-electron chi connectivity index (χ1n) is 5.10. The van der Waals surface area contributed by atoms with Gasteiger partial charge in [0.1, 0.15) is 0 Å². The second-order valence-electron chi connectivity index (χ2n) is 5.28. The molecule has 15 heavy (non-hydrogen) atoms. The molecule has 0 heterocycles. The van der Waals surface area contributed by atoms with E-state index in [1.165, 1.54) is 0 Å². The molecular formula is C10H24N4O. The van der Waals surface area contributed by atoms with Crippen molar-refractivity contribution in [3.8, 4) is 0 Å². The van der Waals surface area contributed by atoms with Gasteiger partial charge in [-0.3, -0.25) is 10.2 Å². The summed E-state index contributed by atoms with van der Waals surface area (Å²) in [6.07, 6.45) is 0. The first kappa shape index (κ1) is 14.3. The number of hydrogen-bond donors (Lipinski definition) is 4. The zero-order valence-corrected chi connectivity index (χ0v) is 10.3. The minimum Gasteiger partial charge on any atom is -0.327 e. The summed E-state index contributed by atoms with van der Waals surface area (Å²) in [5.41, 5.74) is 13.0. The van der Waals surface area contributed by atoms with E-state index in [0.717, 1.165) is 0 Å². The van der Waals surface area contributed by atoms with Crippen LogP contribution in [0.15, 0.2) is 0 Å². The van der Waals surface area contributed by atoms with Crippen LogP contribution in [0.3, 0.4) is 0 Å². The molecular weight excluding hydrogens is 192 g/mol. The standard InChI is InChI=1S/C10H24N4O/c1-6(11)9(2,3)7(12)10(4,5)8(15)14-13/h6-7H,11-13H2,1-5H3,(H,14,15). The SMILES string of the molecule is CC(N)C(C)(C)C(N)C(C)(C)C(=O)NN. The Labute approximate surface area is 91.7 Å². The van der Waals surface area contributed by atoms with Gasteiger partial charge in [0.25, 0.3) is 0 Å². The Morgan fingerprint density at radius 3 is 1.87 bits per heavy atom. The molecule has 0 bridgehead atoms. The summed E-state index contributed by atoms with van der Waals surface area (Å²) in [5, 5.41) is 0. The van der Waals surface area contributed by atoms with Gasteiger partial charge in [0.2, 0.25) is 5.91 Å². The predicted octanol–water partition coefficient (Wildman–Crippen LogP) is -0.297. The molecule has 0 aliphatic heterocycles. The maximum atomic E-state index is 11.6. The Hall–Kier alpha value is -0.650. The first-order chi connectivity index (χ1) is 6.58. The van der Waals surface area contributed by atoms with Crippen LogP contribution in [0.5, 0.6) is 0 Å². The number of carbonyl (C=O) groups excluding carboxylic acids is 1. The molecule has 0 fully saturated rings. The van der Waals surface area contributed by atoms with E-state index >= 15 is 0 Å². The highest BCUT2D eigenvalue weighted by atomic mass is 16.2. The maximum Gasteiger partial charge on any atom is 0.241 e. The molecule has 0 aromatic heterocycles. The minimum atomic E-state index is -0.744. The van der Waals surface area contributed by atoms with Crippen molar-refractivity contribution in [3.05, 3.63) is 0 Å². The van der Waals surface area contributed by atoms with E-state index in [4.69, 9.17) is 17.3 Å². The molecule has 0 radical (unpaired) electrons. The number of nitrogens with two attached hydrogens (primary N) is 3. The van der Waals surface area contributed by atoms with Crippen LogP contribution < -0.4 is 22.7 Å². The zero-order chi connectivity index (χ0) is 12.4. The third-order valence-electron chi connectivity index (χ3n) is 3.47. The maximum absolute atomic E-state index is 11.6. The second-order valence-corrected chi connectivity index (χ2v) is 5.28. The summed E-state index contributed by atoms with van der Waals surface area (Å²) in [6.45, 7) is 9.33. The fraction of sp³-hybridized carbons (Fsp3) is 0.900. The lowest BCUT2D eigenvalue weighted by Gasteiger charge is -2.43. The average Bonchev–Trinajstić information content (AvgIpc) is 2.14. The summed E-state index contributed by atoms with van der Waals surface area (Å²) in [4.78, 5) is 11.6. The molecule has 0 spiro atoms. The smallest absolute Gasteiger partial charge is 0.241 e. The normalized spacial score (nSPS) is 17.1. The summed E-state index contributed by atoms with van der Waals surface area (Å²) < 4.78 is 0. The fourth-order valence-electron chi connectivity index (χ4n) is 1.54. The van der Waals surface area contributed by atoms with Crippen molar-refractivity contribution >= 4 is 5.91 Å². The highest BCUT2D eigenvalue weighted by Gasteiger charge is 2.44. The largest absolute Gasteiger partial charge is 0.327 e. The van der Waals surface area contributed by atoms with Crippen molar-refractivity contribution in [1.82, 2.24) is 5.43 Å². The first-order valence-corrected chi connectivity index (χ1v) is 5.10. The number of rotatable bonds is 4. The van der Waals surface area contributed by atoms with Crippen molar-refractivity contribution in [1.29, 1.82) is 0 Å². The molecule has 0 aromatic carbocycles. The molecule has 5 nitrogen and oxygen atoms in total. The topological polar surface area (TPSA) is 107 Å². The van der Waals surface area contributed by atoms with Gasteiger partial charge in [-0.15, -0.1) is 0 Å². The van der Waals surface area contributed by atoms with Gasteiger partial charge < -0.3 is 11.5 Å². The molecule has 0 aromatic rings. The molecule has 90 valence electrons. The number of nitrogens with one attached hydrogen (secondary N) is 1.